The minimum atomic E-state index is -0.581. The maximum atomic E-state index is 13.4. The van der Waals surface area contributed by atoms with Gasteiger partial charge < -0.3 is 13.9 Å². The van der Waals surface area contributed by atoms with Crippen molar-refractivity contribution in [2.75, 3.05) is 13.7 Å². The van der Waals surface area contributed by atoms with Gasteiger partial charge in [-0.3, -0.25) is 19.7 Å². The van der Waals surface area contributed by atoms with E-state index in [1.807, 2.05) is 19.9 Å². The first-order valence-electron chi connectivity index (χ1n) is 10.4. The van der Waals surface area contributed by atoms with E-state index < -0.39 is 22.7 Å². The summed E-state index contributed by atoms with van der Waals surface area (Å²) >= 11 is 0. The Morgan fingerprint density at radius 1 is 1.06 bits per heavy atom. The van der Waals surface area contributed by atoms with E-state index in [-0.39, 0.29) is 22.8 Å². The third-order valence-corrected chi connectivity index (χ3v) is 5.36. The normalized spacial score (nSPS) is 10.8. The molecule has 8 nitrogen and oxygen atoms in total. The van der Waals surface area contributed by atoms with Crippen LogP contribution in [0, 0.1) is 24.0 Å². The van der Waals surface area contributed by atoms with Crippen LogP contribution in [0.15, 0.2) is 69.9 Å². The molecule has 0 bridgehead atoms. The molecule has 8 heteroatoms. The molecule has 4 rings (SSSR count). The molecule has 0 fully saturated rings. The molecule has 0 aliphatic carbocycles. The second-order valence-electron chi connectivity index (χ2n) is 7.80. The number of fused-ring (bicyclic) bond motifs is 1. The lowest BCUT2D eigenvalue weighted by molar-refractivity contribution is -0.384. The highest BCUT2D eigenvalue weighted by molar-refractivity contribution is 5.98. The number of ether oxygens (including phenoxy) is 2. The second-order valence-corrected chi connectivity index (χ2v) is 7.80. The molecular weight excluding hydrogens is 438 g/mol. The highest BCUT2D eigenvalue weighted by atomic mass is 16.6. The van der Waals surface area contributed by atoms with Crippen LogP contribution in [0.3, 0.4) is 0 Å². The molecule has 1 heterocycles. The smallest absolute Gasteiger partial charge is 0.270 e. The van der Waals surface area contributed by atoms with Gasteiger partial charge in [0.25, 0.3) is 5.69 Å². The molecule has 3 aromatic carbocycles. The number of aryl methyl sites for hydroxylation is 2. The summed E-state index contributed by atoms with van der Waals surface area (Å²) in [5.74, 6) is 0.187. The number of hydrogen-bond acceptors (Lipinski definition) is 7. The van der Waals surface area contributed by atoms with Gasteiger partial charge in [-0.15, -0.1) is 0 Å². The van der Waals surface area contributed by atoms with Crippen LogP contribution in [0.2, 0.25) is 0 Å². The Balaban J connectivity index is 1.79. The lowest BCUT2D eigenvalue weighted by Crippen LogP contribution is -2.17. The first-order chi connectivity index (χ1) is 16.3. The molecule has 1 aromatic heterocycles. The fraction of sp³-hybridized carbons (Fsp3) is 0.154. The molecular formula is C26H21NO7. The Morgan fingerprint density at radius 2 is 1.79 bits per heavy atom. The van der Waals surface area contributed by atoms with Crippen molar-refractivity contribution in [2.24, 2.45) is 0 Å². The number of nitro groups is 1. The average molecular weight is 459 g/mol. The largest absolute Gasteiger partial charge is 0.497 e. The van der Waals surface area contributed by atoms with Gasteiger partial charge in [0, 0.05) is 23.3 Å². The van der Waals surface area contributed by atoms with Crippen LogP contribution in [0.4, 0.5) is 5.69 Å². The van der Waals surface area contributed by atoms with Crippen molar-refractivity contribution in [3.8, 4) is 22.8 Å². The van der Waals surface area contributed by atoms with Crippen LogP contribution >= 0.6 is 0 Å². The van der Waals surface area contributed by atoms with Crippen LogP contribution in [0.5, 0.6) is 11.5 Å². The van der Waals surface area contributed by atoms with Gasteiger partial charge in [0.2, 0.25) is 11.2 Å². The molecule has 0 atom stereocenters. The second kappa shape index (κ2) is 9.19. The highest BCUT2D eigenvalue weighted by Crippen LogP contribution is 2.33. The number of carbonyl (C=O) groups excluding carboxylic acids is 1. The Labute approximate surface area is 194 Å². The van der Waals surface area contributed by atoms with Crippen LogP contribution in [-0.2, 0) is 0 Å². The molecule has 172 valence electrons. The quantitative estimate of drug-likeness (QED) is 0.211. The summed E-state index contributed by atoms with van der Waals surface area (Å²) in [5, 5.41) is 11.4. The van der Waals surface area contributed by atoms with Gasteiger partial charge in [-0.05, 0) is 55.3 Å². The van der Waals surface area contributed by atoms with Crippen molar-refractivity contribution in [1.29, 1.82) is 0 Å². The number of non-ortho nitro benzene ring substituents is 1. The SMILES string of the molecule is COc1ccc(-c2oc3c(C)cc(C)cc3c(=O)c2OCC(=O)c2cccc([N+](=O)[O-])c2)cc1. The van der Waals surface area contributed by atoms with Gasteiger partial charge in [-0.2, -0.15) is 0 Å². The maximum Gasteiger partial charge on any atom is 0.270 e. The zero-order chi connectivity index (χ0) is 24.4. The third kappa shape index (κ3) is 4.38. The molecule has 4 aromatic rings. The molecule has 0 spiro atoms. The number of hydrogen-bond donors (Lipinski definition) is 0. The van der Waals surface area contributed by atoms with Gasteiger partial charge >= 0.3 is 0 Å². The molecule has 0 amide bonds. The Kier molecular flexibility index (Phi) is 6.14. The number of Topliss-reactive ketones (excluding diaryl/α,β-unsaturated/α-hetero) is 1. The molecule has 0 saturated heterocycles. The summed E-state index contributed by atoms with van der Waals surface area (Å²) < 4.78 is 17.1. The Morgan fingerprint density at radius 3 is 2.47 bits per heavy atom. The fourth-order valence-corrected chi connectivity index (χ4v) is 3.71. The van der Waals surface area contributed by atoms with E-state index >= 15 is 0 Å². The average Bonchev–Trinajstić information content (AvgIpc) is 2.83. The monoisotopic (exact) mass is 459 g/mol. The molecule has 0 aliphatic heterocycles. The van der Waals surface area contributed by atoms with Crippen LogP contribution in [0.1, 0.15) is 21.5 Å². The van der Waals surface area contributed by atoms with Crippen molar-refractivity contribution in [3.63, 3.8) is 0 Å². The number of ketones is 1. The van der Waals surface area contributed by atoms with Gasteiger partial charge in [0.1, 0.15) is 11.3 Å². The third-order valence-electron chi connectivity index (χ3n) is 5.36. The minimum Gasteiger partial charge on any atom is -0.497 e. The van der Waals surface area contributed by atoms with Crippen molar-refractivity contribution in [3.05, 3.63) is 97.7 Å². The lowest BCUT2D eigenvalue weighted by atomic mass is 10.1. The summed E-state index contributed by atoms with van der Waals surface area (Å²) in [7, 11) is 1.55. The van der Waals surface area contributed by atoms with Gasteiger partial charge in [-0.25, -0.2) is 0 Å². The van der Waals surface area contributed by atoms with E-state index in [1.165, 1.54) is 24.3 Å². The molecule has 0 unspecified atom stereocenters. The first-order valence-corrected chi connectivity index (χ1v) is 10.4. The highest BCUT2D eigenvalue weighted by Gasteiger charge is 2.21. The van der Waals surface area contributed by atoms with E-state index in [0.717, 1.165) is 11.1 Å². The predicted octanol–water partition coefficient (Wildman–Crippen LogP) is 5.26. The molecule has 34 heavy (non-hydrogen) atoms. The maximum absolute atomic E-state index is 13.4. The molecule has 0 radical (unpaired) electrons. The topological polar surface area (TPSA) is 109 Å². The Hall–Kier alpha value is -4.46. The van der Waals surface area contributed by atoms with Crippen LogP contribution in [-0.4, -0.2) is 24.4 Å². The fourth-order valence-electron chi connectivity index (χ4n) is 3.71. The number of nitro benzene ring substituents is 1. The van der Waals surface area contributed by atoms with E-state index in [1.54, 1.807) is 37.4 Å². The van der Waals surface area contributed by atoms with Crippen molar-refractivity contribution in [2.45, 2.75) is 13.8 Å². The summed E-state index contributed by atoms with van der Waals surface area (Å²) in [5.41, 5.74) is 2.16. The van der Waals surface area contributed by atoms with Gasteiger partial charge in [0.15, 0.2) is 18.2 Å². The van der Waals surface area contributed by atoms with Crippen LogP contribution < -0.4 is 14.9 Å². The van der Waals surface area contributed by atoms with E-state index in [0.29, 0.717) is 22.3 Å². The van der Waals surface area contributed by atoms with Crippen LogP contribution in [0.25, 0.3) is 22.3 Å². The van der Waals surface area contributed by atoms with E-state index in [2.05, 4.69) is 0 Å². The van der Waals surface area contributed by atoms with E-state index in [9.17, 15) is 19.7 Å². The lowest BCUT2D eigenvalue weighted by Gasteiger charge is -2.13. The van der Waals surface area contributed by atoms with E-state index in [4.69, 9.17) is 13.9 Å². The summed E-state index contributed by atoms with van der Waals surface area (Å²) in [4.78, 5) is 36.6. The zero-order valence-electron chi connectivity index (χ0n) is 18.8. The molecule has 0 aliphatic rings. The number of rotatable bonds is 7. The van der Waals surface area contributed by atoms with Crippen molar-refractivity contribution < 1.29 is 23.6 Å². The zero-order valence-corrected chi connectivity index (χ0v) is 18.8. The van der Waals surface area contributed by atoms with Gasteiger partial charge in [-0.1, -0.05) is 18.2 Å². The standard InChI is InChI=1S/C26H21NO7/c1-15-11-16(2)24-21(12-15)23(29)26(25(34-24)17-7-9-20(32-3)10-8-17)33-14-22(28)18-5-4-6-19(13-18)27(30)31/h4-13H,14H2,1-3H3. The number of carbonyl (C=O) groups is 1. The molecule has 0 N–H and O–H groups in total. The summed E-state index contributed by atoms with van der Waals surface area (Å²) in [6, 6.07) is 15.9. The van der Waals surface area contributed by atoms with Crippen molar-refractivity contribution in [1.82, 2.24) is 0 Å². The Bertz CT molecular complexity index is 1470. The first kappa shape index (κ1) is 22.7. The summed E-state index contributed by atoms with van der Waals surface area (Å²) in [6.45, 7) is 3.23. The number of nitrogens with zero attached hydrogens (tertiary/aromatic N) is 1. The number of benzene rings is 3. The predicted molar refractivity (Wildman–Crippen MR) is 127 cm³/mol. The molecule has 0 saturated carbocycles. The minimum absolute atomic E-state index is 0.108. The summed E-state index contributed by atoms with van der Waals surface area (Å²) in [6.07, 6.45) is 0. The number of methoxy groups -OCH3 is 1. The van der Waals surface area contributed by atoms with Gasteiger partial charge in [0.05, 0.1) is 17.4 Å². The van der Waals surface area contributed by atoms with Crippen molar-refractivity contribution >= 4 is 22.4 Å².